The van der Waals surface area contributed by atoms with Crippen molar-refractivity contribution in [3.05, 3.63) is 0 Å². The molecule has 0 aromatic carbocycles. The van der Waals surface area contributed by atoms with Gasteiger partial charge in [-0.1, -0.05) is 13.8 Å². The lowest BCUT2D eigenvalue weighted by Crippen LogP contribution is -2.44. The monoisotopic (exact) mass is 230 g/mol. The maximum Gasteiger partial charge on any atom is 0.0218 e. The summed E-state index contributed by atoms with van der Waals surface area (Å²) < 4.78 is 0. The van der Waals surface area contributed by atoms with Crippen LogP contribution >= 0.6 is 11.8 Å². The number of rotatable bonds is 4. The molecule has 0 aromatic rings. The molecule has 0 aliphatic carbocycles. The van der Waals surface area contributed by atoms with Crippen molar-refractivity contribution >= 4 is 11.8 Å². The van der Waals surface area contributed by atoms with E-state index in [-0.39, 0.29) is 0 Å². The van der Waals surface area contributed by atoms with Crippen molar-refractivity contribution < 1.29 is 0 Å². The maximum absolute atomic E-state index is 3.66. The summed E-state index contributed by atoms with van der Waals surface area (Å²) in [7, 11) is 0. The summed E-state index contributed by atoms with van der Waals surface area (Å²) in [5.41, 5.74) is 0. The van der Waals surface area contributed by atoms with Gasteiger partial charge in [0.1, 0.15) is 0 Å². The second-order valence-electron chi connectivity index (χ2n) is 4.96. The van der Waals surface area contributed by atoms with Gasteiger partial charge in [0.25, 0.3) is 0 Å². The Hall–Kier alpha value is 0.270. The summed E-state index contributed by atoms with van der Waals surface area (Å²) in [5, 5.41) is 3.66. The van der Waals surface area contributed by atoms with Crippen LogP contribution < -0.4 is 5.32 Å². The molecule has 1 heterocycles. The average Bonchev–Trinajstić information content (AvgIpc) is 2.43. The van der Waals surface area contributed by atoms with Crippen molar-refractivity contribution in [1.29, 1.82) is 0 Å². The van der Waals surface area contributed by atoms with Gasteiger partial charge in [0.15, 0.2) is 0 Å². The molecule has 0 amide bonds. The predicted molar refractivity (Wildman–Crippen MR) is 70.7 cm³/mol. The van der Waals surface area contributed by atoms with Crippen molar-refractivity contribution in [3.63, 3.8) is 0 Å². The first-order valence-electron chi connectivity index (χ1n) is 6.11. The Morgan fingerprint density at radius 2 is 2.13 bits per heavy atom. The SMILES string of the molecule is CSCC(C)N1CCCNC(C(C)C)C1. The van der Waals surface area contributed by atoms with Gasteiger partial charge in [-0.2, -0.15) is 11.8 Å². The van der Waals surface area contributed by atoms with Crippen LogP contribution in [0.3, 0.4) is 0 Å². The molecule has 0 radical (unpaired) electrons. The van der Waals surface area contributed by atoms with Crippen LogP contribution in [0.15, 0.2) is 0 Å². The topological polar surface area (TPSA) is 15.3 Å². The van der Waals surface area contributed by atoms with Crippen LogP contribution in [0, 0.1) is 5.92 Å². The third-order valence-corrected chi connectivity index (χ3v) is 4.11. The molecule has 0 spiro atoms. The molecule has 0 saturated carbocycles. The summed E-state index contributed by atoms with van der Waals surface area (Å²) in [4.78, 5) is 2.65. The van der Waals surface area contributed by atoms with Crippen LogP contribution in [0.4, 0.5) is 0 Å². The van der Waals surface area contributed by atoms with E-state index in [0.29, 0.717) is 6.04 Å². The van der Waals surface area contributed by atoms with Crippen molar-refractivity contribution in [2.45, 2.75) is 39.3 Å². The zero-order valence-electron chi connectivity index (χ0n) is 10.6. The Labute approximate surface area is 99.2 Å². The molecule has 3 heteroatoms. The first kappa shape index (κ1) is 13.3. The fourth-order valence-corrected chi connectivity index (χ4v) is 2.86. The van der Waals surface area contributed by atoms with Gasteiger partial charge in [-0.25, -0.2) is 0 Å². The highest BCUT2D eigenvalue weighted by molar-refractivity contribution is 7.98. The van der Waals surface area contributed by atoms with Crippen molar-refractivity contribution in [2.24, 2.45) is 5.92 Å². The molecule has 1 saturated heterocycles. The maximum atomic E-state index is 3.66. The van der Waals surface area contributed by atoms with E-state index in [9.17, 15) is 0 Å². The smallest absolute Gasteiger partial charge is 0.0218 e. The van der Waals surface area contributed by atoms with Gasteiger partial charge in [-0.05, 0) is 38.6 Å². The number of thioether (sulfide) groups is 1. The normalized spacial score (nSPS) is 26.6. The number of hydrogen-bond donors (Lipinski definition) is 1. The molecule has 1 fully saturated rings. The molecule has 0 aromatic heterocycles. The first-order valence-corrected chi connectivity index (χ1v) is 7.51. The van der Waals surface area contributed by atoms with Crippen LogP contribution in [0.2, 0.25) is 0 Å². The zero-order valence-corrected chi connectivity index (χ0v) is 11.4. The molecule has 1 N–H and O–H groups in total. The summed E-state index contributed by atoms with van der Waals surface area (Å²) in [6.07, 6.45) is 3.49. The van der Waals surface area contributed by atoms with E-state index >= 15 is 0 Å². The second-order valence-corrected chi connectivity index (χ2v) is 5.87. The van der Waals surface area contributed by atoms with Crippen molar-refractivity contribution in [2.75, 3.05) is 31.6 Å². The molecule has 2 unspecified atom stereocenters. The highest BCUT2D eigenvalue weighted by Gasteiger charge is 2.22. The van der Waals surface area contributed by atoms with E-state index < -0.39 is 0 Å². The minimum Gasteiger partial charge on any atom is -0.312 e. The Morgan fingerprint density at radius 3 is 2.73 bits per heavy atom. The highest BCUT2D eigenvalue weighted by Crippen LogP contribution is 2.13. The lowest BCUT2D eigenvalue weighted by atomic mass is 10.0. The number of hydrogen-bond acceptors (Lipinski definition) is 3. The zero-order chi connectivity index (χ0) is 11.3. The highest BCUT2D eigenvalue weighted by atomic mass is 32.2. The standard InChI is InChI=1S/C12H26N2S/c1-10(2)12-8-14(7-5-6-13-12)11(3)9-15-4/h10-13H,5-9H2,1-4H3. The average molecular weight is 230 g/mol. The molecule has 2 atom stereocenters. The molecule has 90 valence electrons. The van der Waals surface area contributed by atoms with Crippen LogP contribution in [-0.4, -0.2) is 48.6 Å². The Morgan fingerprint density at radius 1 is 1.40 bits per heavy atom. The molecule has 1 rings (SSSR count). The summed E-state index contributed by atoms with van der Waals surface area (Å²) in [6.45, 7) is 10.7. The molecular weight excluding hydrogens is 204 g/mol. The number of nitrogens with one attached hydrogen (secondary N) is 1. The van der Waals surface area contributed by atoms with Gasteiger partial charge in [0.05, 0.1) is 0 Å². The van der Waals surface area contributed by atoms with Gasteiger partial charge in [0, 0.05) is 24.4 Å². The van der Waals surface area contributed by atoms with Crippen LogP contribution in [0.25, 0.3) is 0 Å². The van der Waals surface area contributed by atoms with Crippen LogP contribution in [0.5, 0.6) is 0 Å². The first-order chi connectivity index (χ1) is 7.15. The molecular formula is C12H26N2S. The number of nitrogens with zero attached hydrogens (tertiary/aromatic N) is 1. The van der Waals surface area contributed by atoms with Gasteiger partial charge < -0.3 is 5.32 Å². The summed E-state index contributed by atoms with van der Waals surface area (Å²) >= 11 is 1.96. The van der Waals surface area contributed by atoms with Crippen LogP contribution in [-0.2, 0) is 0 Å². The molecule has 0 bridgehead atoms. The quantitative estimate of drug-likeness (QED) is 0.796. The Bertz CT molecular complexity index is 173. The molecule has 1 aliphatic heterocycles. The van der Waals surface area contributed by atoms with E-state index in [0.717, 1.165) is 12.0 Å². The van der Waals surface area contributed by atoms with E-state index in [4.69, 9.17) is 0 Å². The van der Waals surface area contributed by atoms with Crippen LogP contribution in [0.1, 0.15) is 27.2 Å². The predicted octanol–water partition coefficient (Wildman–Crippen LogP) is 2.06. The lowest BCUT2D eigenvalue weighted by Gasteiger charge is -2.31. The minimum absolute atomic E-state index is 0.678. The van der Waals surface area contributed by atoms with E-state index in [1.807, 2.05) is 11.8 Å². The van der Waals surface area contributed by atoms with Crippen molar-refractivity contribution in [3.8, 4) is 0 Å². The fourth-order valence-electron chi connectivity index (χ4n) is 2.17. The minimum atomic E-state index is 0.678. The van der Waals surface area contributed by atoms with Gasteiger partial charge in [-0.3, -0.25) is 4.90 Å². The van der Waals surface area contributed by atoms with Crippen molar-refractivity contribution in [1.82, 2.24) is 10.2 Å². The summed E-state index contributed by atoms with van der Waals surface area (Å²) in [5.74, 6) is 2.00. The third kappa shape index (κ3) is 4.33. The van der Waals surface area contributed by atoms with E-state index in [1.165, 1.54) is 31.8 Å². The van der Waals surface area contributed by atoms with Gasteiger partial charge >= 0.3 is 0 Å². The van der Waals surface area contributed by atoms with E-state index in [2.05, 4.69) is 37.2 Å². The molecule has 1 aliphatic rings. The largest absolute Gasteiger partial charge is 0.312 e. The Balaban J connectivity index is 2.48. The third-order valence-electron chi connectivity index (χ3n) is 3.30. The lowest BCUT2D eigenvalue weighted by molar-refractivity contribution is 0.205. The molecule has 2 nitrogen and oxygen atoms in total. The Kier molecular flexibility index (Phi) is 6.02. The van der Waals surface area contributed by atoms with Gasteiger partial charge in [0.2, 0.25) is 0 Å². The van der Waals surface area contributed by atoms with Gasteiger partial charge in [-0.15, -0.1) is 0 Å². The summed E-state index contributed by atoms with van der Waals surface area (Å²) in [6, 6.07) is 1.40. The second kappa shape index (κ2) is 6.77. The van der Waals surface area contributed by atoms with E-state index in [1.54, 1.807) is 0 Å². The fraction of sp³-hybridized carbons (Fsp3) is 1.00. The molecule has 15 heavy (non-hydrogen) atoms.